The van der Waals surface area contributed by atoms with Gasteiger partial charge in [-0.05, 0) is 42.7 Å². The van der Waals surface area contributed by atoms with Gasteiger partial charge < -0.3 is 14.8 Å². The molecule has 0 spiro atoms. The zero-order chi connectivity index (χ0) is 17.9. The van der Waals surface area contributed by atoms with Crippen LogP contribution in [0, 0.1) is 11.3 Å². The SMILES string of the molecule is COc1cccc(CCC(=O)Nc2ncccc2OCCCC#N)c1. The molecule has 0 aliphatic rings. The lowest BCUT2D eigenvalue weighted by atomic mass is 10.1. The Kier molecular flexibility index (Phi) is 7.26. The second kappa shape index (κ2) is 9.93. The summed E-state index contributed by atoms with van der Waals surface area (Å²) >= 11 is 0. The average Bonchev–Trinajstić information content (AvgIpc) is 2.65. The van der Waals surface area contributed by atoms with E-state index < -0.39 is 0 Å². The van der Waals surface area contributed by atoms with Gasteiger partial charge in [0, 0.05) is 19.0 Å². The van der Waals surface area contributed by atoms with Crippen molar-refractivity contribution >= 4 is 11.7 Å². The van der Waals surface area contributed by atoms with Crippen LogP contribution < -0.4 is 14.8 Å². The molecule has 0 radical (unpaired) electrons. The van der Waals surface area contributed by atoms with Crippen LogP contribution in [-0.2, 0) is 11.2 Å². The number of aromatic nitrogens is 1. The van der Waals surface area contributed by atoms with Crippen molar-refractivity contribution in [2.45, 2.75) is 25.7 Å². The van der Waals surface area contributed by atoms with Crippen molar-refractivity contribution in [3.63, 3.8) is 0 Å². The van der Waals surface area contributed by atoms with Gasteiger partial charge in [0.15, 0.2) is 11.6 Å². The largest absolute Gasteiger partial charge is 0.497 e. The first-order chi connectivity index (χ1) is 12.2. The van der Waals surface area contributed by atoms with Gasteiger partial charge in [-0.15, -0.1) is 0 Å². The van der Waals surface area contributed by atoms with Gasteiger partial charge in [-0.2, -0.15) is 5.26 Å². The highest BCUT2D eigenvalue weighted by atomic mass is 16.5. The molecule has 130 valence electrons. The quantitative estimate of drug-likeness (QED) is 0.708. The van der Waals surface area contributed by atoms with Crippen molar-refractivity contribution in [2.75, 3.05) is 19.0 Å². The smallest absolute Gasteiger partial charge is 0.225 e. The number of aryl methyl sites for hydroxylation is 1. The Hall–Kier alpha value is -3.07. The first-order valence-electron chi connectivity index (χ1n) is 8.10. The van der Waals surface area contributed by atoms with Gasteiger partial charge in [0.05, 0.1) is 19.8 Å². The van der Waals surface area contributed by atoms with Crippen molar-refractivity contribution in [1.29, 1.82) is 5.26 Å². The zero-order valence-corrected chi connectivity index (χ0v) is 14.2. The van der Waals surface area contributed by atoms with Gasteiger partial charge in [0.25, 0.3) is 0 Å². The van der Waals surface area contributed by atoms with E-state index in [-0.39, 0.29) is 5.91 Å². The van der Waals surface area contributed by atoms with Crippen molar-refractivity contribution < 1.29 is 14.3 Å². The Balaban J connectivity index is 1.88. The number of nitrogens with one attached hydrogen (secondary N) is 1. The third-order valence-corrected chi connectivity index (χ3v) is 3.49. The van der Waals surface area contributed by atoms with Crippen LogP contribution >= 0.6 is 0 Å². The second-order valence-corrected chi connectivity index (χ2v) is 5.36. The van der Waals surface area contributed by atoms with Crippen LogP contribution in [0.2, 0.25) is 0 Å². The molecule has 0 saturated carbocycles. The summed E-state index contributed by atoms with van der Waals surface area (Å²) in [6.45, 7) is 0.409. The standard InChI is InChI=1S/C19H21N3O3/c1-24-16-7-4-6-15(14-16)9-10-18(23)22-19-17(8-5-12-21-19)25-13-3-2-11-20/h4-8,12,14H,2-3,9-10,13H2,1H3,(H,21,22,23). The third kappa shape index (κ3) is 6.15. The molecule has 25 heavy (non-hydrogen) atoms. The fraction of sp³-hybridized carbons (Fsp3) is 0.316. The molecule has 1 N–H and O–H groups in total. The van der Waals surface area contributed by atoms with Gasteiger partial charge in [-0.3, -0.25) is 4.79 Å². The van der Waals surface area contributed by atoms with Crippen molar-refractivity contribution in [2.24, 2.45) is 0 Å². The summed E-state index contributed by atoms with van der Waals surface area (Å²) < 4.78 is 10.8. The van der Waals surface area contributed by atoms with Crippen LogP contribution in [0.4, 0.5) is 5.82 Å². The molecule has 1 aromatic heterocycles. The summed E-state index contributed by atoms with van der Waals surface area (Å²) in [6.07, 6.45) is 3.60. The van der Waals surface area contributed by atoms with Crippen molar-refractivity contribution in [3.05, 3.63) is 48.2 Å². The molecule has 0 bridgehead atoms. The van der Waals surface area contributed by atoms with E-state index >= 15 is 0 Å². The van der Waals surface area contributed by atoms with E-state index in [0.717, 1.165) is 11.3 Å². The summed E-state index contributed by atoms with van der Waals surface area (Å²) in [6, 6.07) is 13.2. The Morgan fingerprint density at radius 2 is 2.20 bits per heavy atom. The normalized spacial score (nSPS) is 9.92. The lowest BCUT2D eigenvalue weighted by molar-refractivity contribution is -0.116. The number of amides is 1. The molecule has 6 heteroatoms. The summed E-state index contributed by atoms with van der Waals surface area (Å²) in [7, 11) is 1.62. The summed E-state index contributed by atoms with van der Waals surface area (Å²) in [5.74, 6) is 1.55. The molecule has 2 rings (SSSR count). The number of unbranched alkanes of at least 4 members (excludes halogenated alkanes) is 1. The summed E-state index contributed by atoms with van der Waals surface area (Å²) in [5.41, 5.74) is 1.03. The highest BCUT2D eigenvalue weighted by Gasteiger charge is 2.09. The van der Waals surface area contributed by atoms with E-state index in [2.05, 4.69) is 16.4 Å². The Morgan fingerprint density at radius 3 is 3.00 bits per heavy atom. The number of anilines is 1. The minimum absolute atomic E-state index is 0.136. The molecule has 1 amide bonds. The van der Waals surface area contributed by atoms with Gasteiger partial charge >= 0.3 is 0 Å². The number of nitrogens with zero attached hydrogens (tertiary/aromatic N) is 2. The molecular formula is C19H21N3O3. The van der Waals surface area contributed by atoms with Gasteiger partial charge in [-0.25, -0.2) is 4.98 Å². The van der Waals surface area contributed by atoms with Crippen molar-refractivity contribution in [1.82, 2.24) is 4.98 Å². The molecule has 0 atom stereocenters. The number of carbonyl (C=O) groups is 1. The molecular weight excluding hydrogens is 318 g/mol. The number of ether oxygens (including phenoxy) is 2. The van der Waals surface area contributed by atoms with Gasteiger partial charge in [0.1, 0.15) is 5.75 Å². The molecule has 1 aromatic carbocycles. The summed E-state index contributed by atoms with van der Waals surface area (Å²) in [4.78, 5) is 16.3. The minimum atomic E-state index is -0.136. The maximum absolute atomic E-state index is 12.2. The van der Waals surface area contributed by atoms with E-state index in [9.17, 15) is 4.79 Å². The predicted octanol–water partition coefficient (Wildman–Crippen LogP) is 3.34. The Bertz CT molecular complexity index is 741. The highest BCUT2D eigenvalue weighted by Crippen LogP contribution is 2.21. The van der Waals surface area contributed by atoms with Gasteiger partial charge in [-0.1, -0.05) is 12.1 Å². The molecule has 0 aliphatic heterocycles. The van der Waals surface area contributed by atoms with E-state index in [1.165, 1.54) is 0 Å². The average molecular weight is 339 g/mol. The number of hydrogen-bond donors (Lipinski definition) is 1. The number of pyridine rings is 1. The number of benzene rings is 1. The van der Waals surface area contributed by atoms with Crippen LogP contribution in [0.5, 0.6) is 11.5 Å². The predicted molar refractivity (Wildman–Crippen MR) is 94.5 cm³/mol. The second-order valence-electron chi connectivity index (χ2n) is 5.36. The van der Waals surface area contributed by atoms with E-state index in [1.807, 2.05) is 24.3 Å². The number of rotatable bonds is 9. The number of nitriles is 1. The number of methoxy groups -OCH3 is 1. The maximum Gasteiger partial charge on any atom is 0.225 e. The molecule has 0 saturated heterocycles. The lowest BCUT2D eigenvalue weighted by Crippen LogP contribution is -2.14. The topological polar surface area (TPSA) is 84.2 Å². The molecule has 2 aromatic rings. The van der Waals surface area contributed by atoms with E-state index in [4.69, 9.17) is 14.7 Å². The Morgan fingerprint density at radius 1 is 1.32 bits per heavy atom. The number of hydrogen-bond acceptors (Lipinski definition) is 5. The molecule has 6 nitrogen and oxygen atoms in total. The van der Waals surface area contributed by atoms with Crippen LogP contribution in [0.25, 0.3) is 0 Å². The number of carbonyl (C=O) groups excluding carboxylic acids is 1. The minimum Gasteiger partial charge on any atom is -0.497 e. The van der Waals surface area contributed by atoms with Crippen LogP contribution in [-0.4, -0.2) is 24.6 Å². The molecule has 0 aliphatic carbocycles. The molecule has 0 unspecified atom stereocenters. The monoisotopic (exact) mass is 339 g/mol. The fourth-order valence-corrected chi connectivity index (χ4v) is 2.21. The van der Waals surface area contributed by atoms with E-state index in [1.54, 1.807) is 25.4 Å². The Labute approximate surface area is 147 Å². The van der Waals surface area contributed by atoms with Crippen LogP contribution in [0.1, 0.15) is 24.8 Å². The first kappa shape index (κ1) is 18.3. The maximum atomic E-state index is 12.2. The molecule has 1 heterocycles. The zero-order valence-electron chi connectivity index (χ0n) is 14.2. The van der Waals surface area contributed by atoms with Crippen LogP contribution in [0.15, 0.2) is 42.6 Å². The van der Waals surface area contributed by atoms with Gasteiger partial charge in [0.2, 0.25) is 5.91 Å². The fourth-order valence-electron chi connectivity index (χ4n) is 2.21. The molecule has 0 fully saturated rings. The first-order valence-corrected chi connectivity index (χ1v) is 8.10. The summed E-state index contributed by atoms with van der Waals surface area (Å²) in [5, 5.41) is 11.3. The van der Waals surface area contributed by atoms with Crippen LogP contribution in [0.3, 0.4) is 0 Å². The van der Waals surface area contributed by atoms with Crippen molar-refractivity contribution in [3.8, 4) is 17.6 Å². The van der Waals surface area contributed by atoms with E-state index in [0.29, 0.717) is 43.9 Å². The third-order valence-electron chi connectivity index (χ3n) is 3.49. The highest BCUT2D eigenvalue weighted by molar-refractivity contribution is 5.91. The lowest BCUT2D eigenvalue weighted by Gasteiger charge is -2.11.